The Balaban J connectivity index is 1.81. The number of hydrogen-bond donors (Lipinski definition) is 3. The van der Waals surface area contributed by atoms with Crippen molar-refractivity contribution in [3.05, 3.63) is 58.3 Å². The van der Waals surface area contributed by atoms with E-state index in [0.717, 1.165) is 12.0 Å². The van der Waals surface area contributed by atoms with E-state index in [1.165, 1.54) is 5.56 Å². The summed E-state index contributed by atoms with van der Waals surface area (Å²) in [5.41, 5.74) is 2.28. The summed E-state index contributed by atoms with van der Waals surface area (Å²) in [5, 5.41) is 18.7. The van der Waals surface area contributed by atoms with Crippen molar-refractivity contribution >= 4 is 23.3 Å². The van der Waals surface area contributed by atoms with Crippen LogP contribution in [0.25, 0.3) is 0 Å². The lowest BCUT2D eigenvalue weighted by molar-refractivity contribution is -0.137. The number of hydrogen-bond acceptors (Lipinski definition) is 3. The van der Waals surface area contributed by atoms with Crippen LogP contribution in [0.2, 0.25) is 0 Å². The molecule has 0 saturated carbocycles. The summed E-state index contributed by atoms with van der Waals surface area (Å²) in [7, 11) is 0. The third kappa shape index (κ3) is 6.83. The largest absolute Gasteiger partial charge is 0.481 e. The minimum atomic E-state index is -0.854. The van der Waals surface area contributed by atoms with E-state index in [0.29, 0.717) is 19.4 Å². The molecule has 2 amide bonds. The van der Waals surface area contributed by atoms with Gasteiger partial charge >= 0.3 is 12.0 Å². The highest BCUT2D eigenvalue weighted by Gasteiger charge is 2.14. The van der Waals surface area contributed by atoms with Gasteiger partial charge in [-0.15, -0.1) is 0 Å². The summed E-state index contributed by atoms with van der Waals surface area (Å²) in [4.78, 5) is 22.9. The van der Waals surface area contributed by atoms with E-state index in [-0.39, 0.29) is 18.5 Å². The zero-order chi connectivity index (χ0) is 17.2. The Labute approximate surface area is 145 Å². The van der Waals surface area contributed by atoms with Crippen molar-refractivity contribution in [2.45, 2.75) is 31.7 Å². The van der Waals surface area contributed by atoms with Crippen LogP contribution in [0.4, 0.5) is 4.79 Å². The molecule has 1 aromatic heterocycles. The number of carbonyl (C=O) groups is 2. The molecule has 0 aliphatic rings. The van der Waals surface area contributed by atoms with Crippen LogP contribution in [0, 0.1) is 0 Å². The van der Waals surface area contributed by atoms with Gasteiger partial charge in [0.15, 0.2) is 0 Å². The molecule has 0 saturated heterocycles. The third-order valence-corrected chi connectivity index (χ3v) is 4.38. The molecule has 0 fully saturated rings. The molecule has 0 bridgehead atoms. The lowest BCUT2D eigenvalue weighted by Gasteiger charge is -2.18. The van der Waals surface area contributed by atoms with Crippen molar-refractivity contribution in [2.75, 3.05) is 6.54 Å². The Bertz CT molecular complexity index is 629. The number of urea groups is 1. The monoisotopic (exact) mass is 346 g/mol. The highest BCUT2D eigenvalue weighted by Crippen LogP contribution is 2.08. The number of aliphatic carboxylic acids is 1. The van der Waals surface area contributed by atoms with Gasteiger partial charge in [-0.3, -0.25) is 4.79 Å². The second-order valence-electron chi connectivity index (χ2n) is 5.60. The van der Waals surface area contributed by atoms with Gasteiger partial charge in [-0.25, -0.2) is 4.79 Å². The highest BCUT2D eigenvalue weighted by molar-refractivity contribution is 7.07. The van der Waals surface area contributed by atoms with Gasteiger partial charge in [-0.05, 0) is 47.2 Å². The molecule has 0 radical (unpaired) electrons. The fourth-order valence-corrected chi connectivity index (χ4v) is 3.12. The Morgan fingerprint density at radius 2 is 1.92 bits per heavy atom. The van der Waals surface area contributed by atoms with Crippen molar-refractivity contribution in [3.8, 4) is 0 Å². The van der Waals surface area contributed by atoms with Crippen LogP contribution >= 0.6 is 11.3 Å². The molecular weight excluding hydrogens is 324 g/mol. The van der Waals surface area contributed by atoms with Crippen LogP contribution in [-0.2, 0) is 17.6 Å². The predicted molar refractivity (Wildman–Crippen MR) is 95.4 cm³/mol. The van der Waals surface area contributed by atoms with Crippen LogP contribution < -0.4 is 10.6 Å². The van der Waals surface area contributed by atoms with Crippen molar-refractivity contribution < 1.29 is 14.7 Å². The first-order valence-electron chi connectivity index (χ1n) is 7.94. The zero-order valence-corrected chi connectivity index (χ0v) is 14.2. The van der Waals surface area contributed by atoms with E-state index in [4.69, 9.17) is 5.11 Å². The maximum Gasteiger partial charge on any atom is 0.315 e. The van der Waals surface area contributed by atoms with Crippen molar-refractivity contribution in [1.82, 2.24) is 10.6 Å². The van der Waals surface area contributed by atoms with E-state index >= 15 is 0 Å². The number of carboxylic acid groups (broad SMARTS) is 1. The number of amides is 2. The molecule has 1 heterocycles. The Morgan fingerprint density at radius 1 is 1.12 bits per heavy atom. The Kier molecular flexibility index (Phi) is 7.29. The molecule has 1 aromatic carbocycles. The van der Waals surface area contributed by atoms with Crippen molar-refractivity contribution in [2.24, 2.45) is 0 Å². The lowest BCUT2D eigenvalue weighted by Crippen LogP contribution is -2.43. The summed E-state index contributed by atoms with van der Waals surface area (Å²) in [6.07, 6.45) is 1.84. The van der Waals surface area contributed by atoms with Crippen LogP contribution in [0.3, 0.4) is 0 Å². The van der Waals surface area contributed by atoms with Crippen LogP contribution in [-0.4, -0.2) is 29.7 Å². The van der Waals surface area contributed by atoms with Gasteiger partial charge in [0.05, 0.1) is 0 Å². The molecule has 0 spiro atoms. The van der Waals surface area contributed by atoms with Crippen LogP contribution in [0.1, 0.15) is 24.0 Å². The summed E-state index contributed by atoms with van der Waals surface area (Å²) in [5.74, 6) is -0.854. The summed E-state index contributed by atoms with van der Waals surface area (Å²) in [6.45, 7) is 0.555. The summed E-state index contributed by atoms with van der Waals surface area (Å²) < 4.78 is 0. The number of carbonyl (C=O) groups excluding carboxylic acids is 1. The van der Waals surface area contributed by atoms with Crippen LogP contribution in [0.15, 0.2) is 47.2 Å². The van der Waals surface area contributed by atoms with E-state index in [9.17, 15) is 9.59 Å². The maximum absolute atomic E-state index is 12.0. The number of nitrogens with one attached hydrogen (secondary N) is 2. The minimum absolute atomic E-state index is 0.0344. The molecule has 5 nitrogen and oxygen atoms in total. The average molecular weight is 346 g/mol. The molecule has 6 heteroatoms. The topological polar surface area (TPSA) is 78.4 Å². The van der Waals surface area contributed by atoms with Gasteiger partial charge in [-0.1, -0.05) is 30.3 Å². The molecular formula is C18H22N2O3S. The molecule has 3 N–H and O–H groups in total. The molecule has 0 aliphatic carbocycles. The van der Waals surface area contributed by atoms with E-state index in [2.05, 4.69) is 16.0 Å². The molecule has 1 unspecified atom stereocenters. The van der Waals surface area contributed by atoms with Gasteiger partial charge in [-0.2, -0.15) is 11.3 Å². The van der Waals surface area contributed by atoms with E-state index < -0.39 is 5.97 Å². The standard InChI is InChI=1S/C18H22N2O3S/c21-17(22)7-6-16(12-14-4-2-1-3-5-14)20-18(23)19-10-8-15-9-11-24-13-15/h1-5,9,11,13,16H,6-8,10,12H2,(H,21,22)(H2,19,20,23). The Morgan fingerprint density at radius 3 is 2.58 bits per heavy atom. The fourth-order valence-electron chi connectivity index (χ4n) is 2.41. The van der Waals surface area contributed by atoms with Gasteiger partial charge < -0.3 is 15.7 Å². The lowest BCUT2D eigenvalue weighted by atomic mass is 10.0. The fraction of sp³-hybridized carbons (Fsp3) is 0.333. The summed E-state index contributed by atoms with van der Waals surface area (Å²) in [6, 6.07) is 11.3. The summed E-state index contributed by atoms with van der Waals surface area (Å²) >= 11 is 1.64. The maximum atomic E-state index is 12.0. The zero-order valence-electron chi connectivity index (χ0n) is 13.4. The second-order valence-corrected chi connectivity index (χ2v) is 6.38. The minimum Gasteiger partial charge on any atom is -0.481 e. The highest BCUT2D eigenvalue weighted by atomic mass is 32.1. The number of rotatable bonds is 9. The first-order chi connectivity index (χ1) is 11.6. The molecule has 2 aromatic rings. The SMILES string of the molecule is O=C(O)CCC(Cc1ccccc1)NC(=O)NCCc1ccsc1. The number of thiophene rings is 1. The van der Waals surface area contributed by atoms with E-state index in [1.54, 1.807) is 11.3 Å². The third-order valence-electron chi connectivity index (χ3n) is 3.65. The number of carboxylic acids is 1. The molecule has 24 heavy (non-hydrogen) atoms. The van der Waals surface area contributed by atoms with Gasteiger partial charge in [0.1, 0.15) is 0 Å². The van der Waals surface area contributed by atoms with Gasteiger partial charge in [0.2, 0.25) is 0 Å². The smallest absolute Gasteiger partial charge is 0.315 e. The predicted octanol–water partition coefficient (Wildman–Crippen LogP) is 3.07. The number of benzene rings is 1. The van der Waals surface area contributed by atoms with Gasteiger partial charge in [0.25, 0.3) is 0 Å². The molecule has 1 atom stereocenters. The van der Waals surface area contributed by atoms with Crippen molar-refractivity contribution in [3.63, 3.8) is 0 Å². The Hall–Kier alpha value is -2.34. The van der Waals surface area contributed by atoms with E-state index in [1.807, 2.05) is 41.8 Å². The first kappa shape index (κ1) is 18.0. The molecule has 2 rings (SSSR count). The molecule has 128 valence electrons. The first-order valence-corrected chi connectivity index (χ1v) is 8.89. The van der Waals surface area contributed by atoms with Crippen molar-refractivity contribution in [1.29, 1.82) is 0 Å². The average Bonchev–Trinajstić information content (AvgIpc) is 3.07. The van der Waals surface area contributed by atoms with Crippen LogP contribution in [0.5, 0.6) is 0 Å². The second kappa shape index (κ2) is 9.72. The normalized spacial score (nSPS) is 11.7. The quantitative estimate of drug-likeness (QED) is 0.653. The molecule has 0 aliphatic heterocycles. The van der Waals surface area contributed by atoms with Gasteiger partial charge in [0, 0.05) is 19.0 Å².